The molecule has 3 aromatic rings. The zero-order chi connectivity index (χ0) is 18.1. The number of aliphatic imine (C=N–C) groups is 1. The van der Waals surface area contributed by atoms with E-state index in [-0.39, 0.29) is 5.69 Å². The summed E-state index contributed by atoms with van der Waals surface area (Å²) < 4.78 is 11.0. The Labute approximate surface area is 152 Å². The highest BCUT2D eigenvalue weighted by molar-refractivity contribution is 7.15. The van der Waals surface area contributed by atoms with Gasteiger partial charge < -0.3 is 9.47 Å². The Balaban J connectivity index is 1.67. The third-order valence-electron chi connectivity index (χ3n) is 3.94. The highest BCUT2D eigenvalue weighted by atomic mass is 32.1. The molecule has 1 aliphatic heterocycles. The summed E-state index contributed by atoms with van der Waals surface area (Å²) in [6.45, 7) is 0.411. The first-order valence-electron chi connectivity index (χ1n) is 7.74. The number of nitro groups is 1. The smallest absolute Gasteiger partial charge is 0.278 e. The molecule has 0 radical (unpaired) electrons. The van der Waals surface area contributed by atoms with Gasteiger partial charge in [0.25, 0.3) is 5.69 Å². The molecular formula is C18H13N3O4S. The standard InChI is InChI=1S/C18H13N3O4S/c1-24-12-6-7-13-15(8-12)25-10-16-17(13)20-18(26-16)19-9-11-4-2-3-5-14(11)21(22)23/h2-9H,10H2,1H3. The molecular weight excluding hydrogens is 354 g/mol. The van der Waals surface area contributed by atoms with Crippen LogP contribution in [-0.4, -0.2) is 23.2 Å². The summed E-state index contributed by atoms with van der Waals surface area (Å²) >= 11 is 1.41. The molecule has 7 nitrogen and oxygen atoms in total. The molecule has 130 valence electrons. The van der Waals surface area contributed by atoms with E-state index in [1.807, 2.05) is 18.2 Å². The Bertz CT molecular complexity index is 1030. The van der Waals surface area contributed by atoms with Gasteiger partial charge in [-0.05, 0) is 18.2 Å². The zero-order valence-electron chi connectivity index (χ0n) is 13.7. The van der Waals surface area contributed by atoms with E-state index in [0.717, 1.165) is 27.6 Å². The van der Waals surface area contributed by atoms with E-state index in [4.69, 9.17) is 9.47 Å². The van der Waals surface area contributed by atoms with Crippen molar-refractivity contribution in [2.24, 2.45) is 4.99 Å². The fraction of sp³-hybridized carbons (Fsp3) is 0.111. The average Bonchev–Trinajstić information content (AvgIpc) is 3.09. The first-order chi connectivity index (χ1) is 12.7. The lowest BCUT2D eigenvalue weighted by Gasteiger charge is -2.16. The zero-order valence-corrected chi connectivity index (χ0v) is 14.5. The van der Waals surface area contributed by atoms with E-state index in [1.165, 1.54) is 23.6 Å². The van der Waals surface area contributed by atoms with Crippen LogP contribution < -0.4 is 9.47 Å². The van der Waals surface area contributed by atoms with Gasteiger partial charge in [-0.2, -0.15) is 0 Å². The molecule has 0 unspecified atom stereocenters. The van der Waals surface area contributed by atoms with Crippen molar-refractivity contribution in [2.75, 3.05) is 7.11 Å². The number of para-hydroxylation sites is 1. The van der Waals surface area contributed by atoms with Crippen LogP contribution in [0, 0.1) is 10.1 Å². The molecule has 0 spiro atoms. The molecule has 4 rings (SSSR count). The molecule has 0 aliphatic carbocycles. The highest BCUT2D eigenvalue weighted by Gasteiger charge is 2.22. The van der Waals surface area contributed by atoms with Crippen LogP contribution in [0.5, 0.6) is 11.5 Å². The summed E-state index contributed by atoms with van der Waals surface area (Å²) in [6, 6.07) is 12.0. The van der Waals surface area contributed by atoms with Crippen LogP contribution in [0.2, 0.25) is 0 Å². The van der Waals surface area contributed by atoms with Crippen LogP contribution >= 0.6 is 11.3 Å². The van der Waals surface area contributed by atoms with Gasteiger partial charge in [0.2, 0.25) is 5.13 Å². The largest absolute Gasteiger partial charge is 0.497 e. The molecule has 1 aromatic heterocycles. The third kappa shape index (κ3) is 2.91. The van der Waals surface area contributed by atoms with Gasteiger partial charge >= 0.3 is 0 Å². The fourth-order valence-corrected chi connectivity index (χ4v) is 3.51. The minimum Gasteiger partial charge on any atom is -0.497 e. The minimum atomic E-state index is -0.425. The quantitative estimate of drug-likeness (QED) is 0.388. The number of hydrogen-bond donors (Lipinski definition) is 0. The van der Waals surface area contributed by atoms with Gasteiger partial charge in [0.05, 0.1) is 28.2 Å². The van der Waals surface area contributed by atoms with Crippen LogP contribution in [0.1, 0.15) is 10.4 Å². The van der Waals surface area contributed by atoms with Gasteiger partial charge in [0, 0.05) is 23.9 Å². The van der Waals surface area contributed by atoms with Crippen molar-refractivity contribution in [1.29, 1.82) is 0 Å². The number of nitrogens with zero attached hydrogens (tertiary/aromatic N) is 3. The Morgan fingerprint density at radius 1 is 1.35 bits per heavy atom. The van der Waals surface area contributed by atoms with Gasteiger partial charge in [-0.3, -0.25) is 10.1 Å². The lowest BCUT2D eigenvalue weighted by Crippen LogP contribution is -2.03. The maximum atomic E-state index is 11.1. The number of rotatable bonds is 4. The first kappa shape index (κ1) is 16.2. The van der Waals surface area contributed by atoms with Crippen molar-refractivity contribution >= 4 is 28.4 Å². The van der Waals surface area contributed by atoms with Crippen LogP contribution in [-0.2, 0) is 6.61 Å². The van der Waals surface area contributed by atoms with Crippen molar-refractivity contribution in [1.82, 2.24) is 4.98 Å². The van der Waals surface area contributed by atoms with Crippen molar-refractivity contribution in [3.8, 4) is 22.8 Å². The second kappa shape index (κ2) is 6.57. The SMILES string of the molecule is COc1ccc2c(c1)OCc1sc(N=Cc3ccccc3[N+](=O)[O-])nc1-2. The number of aromatic nitrogens is 1. The lowest BCUT2D eigenvalue weighted by molar-refractivity contribution is -0.385. The number of ether oxygens (including phenoxy) is 2. The number of hydrogen-bond acceptors (Lipinski definition) is 7. The molecule has 0 bridgehead atoms. The van der Waals surface area contributed by atoms with E-state index >= 15 is 0 Å². The Morgan fingerprint density at radius 3 is 3.00 bits per heavy atom. The lowest BCUT2D eigenvalue weighted by atomic mass is 10.1. The second-order valence-corrected chi connectivity index (χ2v) is 6.56. The number of benzene rings is 2. The molecule has 8 heteroatoms. The topological polar surface area (TPSA) is 86.8 Å². The van der Waals surface area contributed by atoms with Gasteiger partial charge in [-0.15, -0.1) is 0 Å². The fourth-order valence-electron chi connectivity index (χ4n) is 2.68. The van der Waals surface area contributed by atoms with Crippen molar-refractivity contribution in [3.63, 3.8) is 0 Å². The average molecular weight is 367 g/mol. The van der Waals surface area contributed by atoms with E-state index in [1.54, 1.807) is 25.3 Å². The van der Waals surface area contributed by atoms with Gasteiger partial charge in [-0.25, -0.2) is 9.98 Å². The number of methoxy groups -OCH3 is 1. The molecule has 1 aliphatic rings. The molecule has 0 saturated carbocycles. The van der Waals surface area contributed by atoms with E-state index in [9.17, 15) is 10.1 Å². The summed E-state index contributed by atoms with van der Waals surface area (Å²) in [5.41, 5.74) is 2.16. The minimum absolute atomic E-state index is 0.0124. The maximum absolute atomic E-state index is 11.1. The van der Waals surface area contributed by atoms with Crippen LogP contribution in [0.3, 0.4) is 0 Å². The van der Waals surface area contributed by atoms with E-state index in [2.05, 4.69) is 9.98 Å². The number of thiazole rings is 1. The molecule has 2 aromatic carbocycles. The highest BCUT2D eigenvalue weighted by Crippen LogP contribution is 2.43. The second-order valence-electron chi connectivity index (χ2n) is 5.49. The Hall–Kier alpha value is -3.26. The van der Waals surface area contributed by atoms with Crippen molar-refractivity contribution in [3.05, 3.63) is 63.0 Å². The predicted octanol–water partition coefficient (Wildman–Crippen LogP) is 4.37. The van der Waals surface area contributed by atoms with Crippen LogP contribution in [0.15, 0.2) is 47.5 Å². The van der Waals surface area contributed by atoms with E-state index in [0.29, 0.717) is 17.3 Å². The molecule has 26 heavy (non-hydrogen) atoms. The normalized spacial score (nSPS) is 12.3. The molecule has 0 saturated heterocycles. The summed E-state index contributed by atoms with van der Waals surface area (Å²) in [5, 5.41) is 11.6. The molecule has 2 heterocycles. The number of nitro benzene ring substituents is 1. The molecule has 0 fully saturated rings. The predicted molar refractivity (Wildman–Crippen MR) is 98.8 cm³/mol. The summed E-state index contributed by atoms with van der Waals surface area (Å²) in [5.74, 6) is 1.44. The maximum Gasteiger partial charge on any atom is 0.278 e. The molecule has 0 amide bonds. The third-order valence-corrected chi connectivity index (χ3v) is 4.87. The Kier molecular flexibility index (Phi) is 4.10. The van der Waals surface area contributed by atoms with Crippen LogP contribution in [0.25, 0.3) is 11.3 Å². The van der Waals surface area contributed by atoms with Gasteiger partial charge in [0.15, 0.2) is 0 Å². The monoisotopic (exact) mass is 367 g/mol. The first-order valence-corrected chi connectivity index (χ1v) is 8.56. The summed E-state index contributed by atoms with van der Waals surface area (Å²) in [4.78, 5) is 20.5. The van der Waals surface area contributed by atoms with Gasteiger partial charge in [0.1, 0.15) is 18.1 Å². The van der Waals surface area contributed by atoms with E-state index < -0.39 is 4.92 Å². The van der Waals surface area contributed by atoms with Crippen molar-refractivity contribution < 1.29 is 14.4 Å². The molecule has 0 atom stereocenters. The number of fused-ring (bicyclic) bond motifs is 3. The summed E-state index contributed by atoms with van der Waals surface area (Å²) in [7, 11) is 1.61. The Morgan fingerprint density at radius 2 is 2.19 bits per heavy atom. The molecule has 0 N–H and O–H groups in total. The summed E-state index contributed by atoms with van der Waals surface area (Å²) in [6.07, 6.45) is 1.47. The van der Waals surface area contributed by atoms with Crippen LogP contribution in [0.4, 0.5) is 10.8 Å². The van der Waals surface area contributed by atoms with Crippen molar-refractivity contribution in [2.45, 2.75) is 6.61 Å². The van der Waals surface area contributed by atoms with Gasteiger partial charge in [-0.1, -0.05) is 23.5 Å².